The molecule has 0 radical (unpaired) electrons. The Hall–Kier alpha value is -1.24. The standard InChI is InChI=1S/C15H15Cl2NO4S/c1-8-6-9(16)7-10(17)12(8)13-14(22-23(2,20)21)11-4-3-5-18(11)15(13)19/h6-7,11H,3-5H2,1-2H3. The molecule has 0 aromatic heterocycles. The summed E-state index contributed by atoms with van der Waals surface area (Å²) in [5.41, 5.74) is 1.40. The van der Waals surface area contributed by atoms with Crippen molar-refractivity contribution in [1.82, 2.24) is 4.90 Å². The van der Waals surface area contributed by atoms with Crippen molar-refractivity contribution >= 4 is 44.8 Å². The first-order chi connectivity index (χ1) is 10.7. The van der Waals surface area contributed by atoms with Gasteiger partial charge in [-0.25, -0.2) is 0 Å². The van der Waals surface area contributed by atoms with Crippen molar-refractivity contribution in [3.63, 3.8) is 0 Å². The fourth-order valence-electron chi connectivity index (χ4n) is 3.21. The van der Waals surface area contributed by atoms with E-state index in [-0.39, 0.29) is 23.3 Å². The van der Waals surface area contributed by atoms with E-state index in [2.05, 4.69) is 0 Å². The van der Waals surface area contributed by atoms with Gasteiger partial charge >= 0.3 is 10.1 Å². The average Bonchev–Trinajstić information content (AvgIpc) is 2.95. The number of carbonyl (C=O) groups excluding carboxylic acids is 1. The number of fused-ring (bicyclic) bond motifs is 1. The van der Waals surface area contributed by atoms with Crippen LogP contribution in [0.5, 0.6) is 0 Å². The molecule has 0 aliphatic carbocycles. The van der Waals surface area contributed by atoms with Crippen molar-refractivity contribution in [2.45, 2.75) is 25.8 Å². The molecule has 1 fully saturated rings. The van der Waals surface area contributed by atoms with E-state index in [1.165, 1.54) is 6.07 Å². The smallest absolute Gasteiger partial charge is 0.306 e. The molecule has 1 aromatic carbocycles. The van der Waals surface area contributed by atoms with Gasteiger partial charge < -0.3 is 9.08 Å². The van der Waals surface area contributed by atoms with Gasteiger partial charge in [-0.1, -0.05) is 23.2 Å². The third kappa shape index (κ3) is 2.95. The predicted molar refractivity (Wildman–Crippen MR) is 88.8 cm³/mol. The molecule has 0 N–H and O–H groups in total. The third-order valence-electron chi connectivity index (χ3n) is 4.02. The Balaban J connectivity index is 2.24. The molecule has 0 saturated carbocycles. The number of benzene rings is 1. The van der Waals surface area contributed by atoms with Crippen molar-refractivity contribution in [2.24, 2.45) is 0 Å². The van der Waals surface area contributed by atoms with Crippen LogP contribution in [0.15, 0.2) is 17.9 Å². The summed E-state index contributed by atoms with van der Waals surface area (Å²) in [6.45, 7) is 2.35. The number of nitrogens with zero attached hydrogens (tertiary/aromatic N) is 1. The SMILES string of the molecule is Cc1cc(Cl)cc(Cl)c1C1=C(OS(C)(=O)=O)C2CCCN2C1=O. The number of carbonyl (C=O) groups is 1. The van der Waals surface area contributed by atoms with Crippen molar-refractivity contribution in [3.8, 4) is 0 Å². The Morgan fingerprint density at radius 3 is 2.61 bits per heavy atom. The maximum atomic E-state index is 12.8. The summed E-state index contributed by atoms with van der Waals surface area (Å²) in [6.07, 6.45) is 2.45. The Bertz CT molecular complexity index is 809. The summed E-state index contributed by atoms with van der Waals surface area (Å²) in [7, 11) is -3.75. The van der Waals surface area contributed by atoms with Crippen molar-refractivity contribution in [2.75, 3.05) is 12.8 Å². The molecule has 0 bridgehead atoms. The first-order valence-electron chi connectivity index (χ1n) is 7.09. The molecule has 1 amide bonds. The number of aryl methyl sites for hydroxylation is 1. The molecule has 2 aliphatic heterocycles. The molecule has 1 atom stereocenters. The minimum Gasteiger partial charge on any atom is -0.384 e. The van der Waals surface area contributed by atoms with Gasteiger partial charge in [-0.2, -0.15) is 8.42 Å². The van der Waals surface area contributed by atoms with Crippen LogP contribution in [0.1, 0.15) is 24.0 Å². The molecular formula is C15H15Cl2NO4S. The lowest BCUT2D eigenvalue weighted by Gasteiger charge is -2.16. The molecule has 23 heavy (non-hydrogen) atoms. The maximum absolute atomic E-state index is 12.8. The second-order valence-electron chi connectivity index (χ2n) is 5.76. The van der Waals surface area contributed by atoms with Gasteiger partial charge in [0.05, 0.1) is 22.9 Å². The van der Waals surface area contributed by atoms with Gasteiger partial charge in [-0.3, -0.25) is 4.79 Å². The Morgan fingerprint density at radius 2 is 2.00 bits per heavy atom. The lowest BCUT2D eigenvalue weighted by atomic mass is 9.98. The van der Waals surface area contributed by atoms with E-state index in [4.69, 9.17) is 27.4 Å². The molecule has 1 aromatic rings. The number of hydrogen-bond acceptors (Lipinski definition) is 4. The fraction of sp³-hybridized carbons (Fsp3) is 0.400. The van der Waals surface area contributed by atoms with E-state index in [0.29, 0.717) is 34.1 Å². The van der Waals surface area contributed by atoms with Crippen LogP contribution in [0.4, 0.5) is 0 Å². The van der Waals surface area contributed by atoms with Crippen LogP contribution >= 0.6 is 23.2 Å². The average molecular weight is 376 g/mol. The molecule has 5 nitrogen and oxygen atoms in total. The van der Waals surface area contributed by atoms with Gasteiger partial charge in [0, 0.05) is 17.1 Å². The summed E-state index contributed by atoms with van der Waals surface area (Å²) < 4.78 is 28.5. The fourth-order valence-corrected chi connectivity index (χ4v) is 4.42. The predicted octanol–water partition coefficient (Wildman–Crippen LogP) is 2.99. The minimum absolute atomic E-state index is 0.169. The van der Waals surface area contributed by atoms with Gasteiger partial charge in [0.15, 0.2) is 5.76 Å². The lowest BCUT2D eigenvalue weighted by Crippen LogP contribution is -2.30. The molecule has 2 heterocycles. The van der Waals surface area contributed by atoms with Gasteiger partial charge in [0.1, 0.15) is 0 Å². The zero-order chi connectivity index (χ0) is 16.9. The third-order valence-corrected chi connectivity index (χ3v) is 5.02. The van der Waals surface area contributed by atoms with E-state index >= 15 is 0 Å². The van der Waals surface area contributed by atoms with Crippen molar-refractivity contribution in [1.29, 1.82) is 0 Å². The zero-order valence-electron chi connectivity index (χ0n) is 12.6. The van der Waals surface area contributed by atoms with Crippen LogP contribution in [0.3, 0.4) is 0 Å². The van der Waals surface area contributed by atoms with Crippen LogP contribution in [-0.4, -0.2) is 38.1 Å². The second kappa shape index (κ2) is 5.69. The molecular weight excluding hydrogens is 361 g/mol. The molecule has 1 unspecified atom stereocenters. The first kappa shape index (κ1) is 16.6. The van der Waals surface area contributed by atoms with Crippen LogP contribution in [0.25, 0.3) is 5.57 Å². The van der Waals surface area contributed by atoms with Crippen molar-refractivity contribution in [3.05, 3.63) is 39.1 Å². The molecule has 1 saturated heterocycles. The largest absolute Gasteiger partial charge is 0.384 e. The van der Waals surface area contributed by atoms with Crippen LogP contribution < -0.4 is 0 Å². The highest BCUT2D eigenvalue weighted by Crippen LogP contribution is 2.43. The Morgan fingerprint density at radius 1 is 1.30 bits per heavy atom. The van der Waals surface area contributed by atoms with Crippen molar-refractivity contribution < 1.29 is 17.4 Å². The van der Waals surface area contributed by atoms with E-state index in [1.54, 1.807) is 17.9 Å². The summed E-state index contributed by atoms with van der Waals surface area (Å²) >= 11 is 12.3. The number of rotatable bonds is 3. The highest BCUT2D eigenvalue weighted by molar-refractivity contribution is 7.86. The van der Waals surface area contributed by atoms with Gasteiger partial charge in [0.2, 0.25) is 0 Å². The number of amides is 1. The molecule has 124 valence electrons. The first-order valence-corrected chi connectivity index (χ1v) is 9.67. The molecule has 2 aliphatic rings. The molecule has 8 heteroatoms. The van der Waals surface area contributed by atoms with Gasteiger partial charge in [-0.15, -0.1) is 0 Å². The molecule has 0 spiro atoms. The lowest BCUT2D eigenvalue weighted by molar-refractivity contribution is -0.124. The number of halogens is 2. The zero-order valence-corrected chi connectivity index (χ0v) is 14.9. The summed E-state index contributed by atoms with van der Waals surface area (Å²) in [5, 5.41) is 0.752. The Labute approximate surface area is 144 Å². The van der Waals surface area contributed by atoms with Gasteiger partial charge in [-0.05, 0) is 37.5 Å². The van der Waals surface area contributed by atoms with Crippen LogP contribution in [0.2, 0.25) is 10.0 Å². The van der Waals surface area contributed by atoms with E-state index < -0.39 is 10.1 Å². The van der Waals surface area contributed by atoms with Crippen LogP contribution in [-0.2, 0) is 19.1 Å². The summed E-state index contributed by atoms with van der Waals surface area (Å²) in [5.74, 6) is -0.0826. The number of hydrogen-bond donors (Lipinski definition) is 0. The quantitative estimate of drug-likeness (QED) is 0.761. The second-order valence-corrected chi connectivity index (χ2v) is 8.18. The van der Waals surface area contributed by atoms with E-state index in [0.717, 1.165) is 12.7 Å². The monoisotopic (exact) mass is 375 g/mol. The normalized spacial score (nSPS) is 21.1. The highest BCUT2D eigenvalue weighted by atomic mass is 35.5. The minimum atomic E-state index is -3.75. The maximum Gasteiger partial charge on any atom is 0.306 e. The summed E-state index contributed by atoms with van der Waals surface area (Å²) in [6, 6.07) is 2.87. The summed E-state index contributed by atoms with van der Waals surface area (Å²) in [4.78, 5) is 14.4. The van der Waals surface area contributed by atoms with E-state index in [9.17, 15) is 13.2 Å². The molecule has 3 rings (SSSR count). The topological polar surface area (TPSA) is 63.7 Å². The van der Waals surface area contributed by atoms with E-state index in [1.807, 2.05) is 0 Å². The Kier molecular flexibility index (Phi) is 4.11. The van der Waals surface area contributed by atoms with Gasteiger partial charge in [0.25, 0.3) is 5.91 Å². The highest BCUT2D eigenvalue weighted by Gasteiger charge is 2.45. The van der Waals surface area contributed by atoms with Crippen LogP contribution in [0, 0.1) is 6.92 Å².